The molecule has 0 spiro atoms. The Hall–Kier alpha value is -1.90. The zero-order valence-corrected chi connectivity index (χ0v) is 10.1. The van der Waals surface area contributed by atoms with Crippen molar-refractivity contribution in [3.05, 3.63) is 12.0 Å². The van der Waals surface area contributed by atoms with Crippen LogP contribution < -0.4 is 10.2 Å². The van der Waals surface area contributed by atoms with E-state index in [1.165, 1.54) is 0 Å². The van der Waals surface area contributed by atoms with Crippen molar-refractivity contribution in [1.82, 2.24) is 9.97 Å². The van der Waals surface area contributed by atoms with E-state index in [-0.39, 0.29) is 5.82 Å². The molecule has 0 aliphatic carbocycles. The van der Waals surface area contributed by atoms with E-state index in [4.69, 9.17) is 5.26 Å². The number of nitrogens with one attached hydrogen (secondary N) is 1. The Balaban J connectivity index is 2.92. The minimum atomic E-state index is -0.466. The smallest absolute Gasteiger partial charge is 0.224 e. The van der Waals surface area contributed by atoms with Gasteiger partial charge in [0.15, 0.2) is 11.6 Å². The maximum absolute atomic E-state index is 13.6. The molecular formula is C11H16FN5. The Bertz CT molecular complexity index is 401. The summed E-state index contributed by atoms with van der Waals surface area (Å²) in [5, 5.41) is 11.5. The summed E-state index contributed by atoms with van der Waals surface area (Å²) < 4.78 is 13.6. The second-order valence-corrected chi connectivity index (χ2v) is 3.38. The summed E-state index contributed by atoms with van der Waals surface area (Å²) in [5.74, 6) is 0.180. The zero-order chi connectivity index (χ0) is 12.7. The van der Waals surface area contributed by atoms with E-state index < -0.39 is 5.82 Å². The number of anilines is 2. The number of aromatic nitrogens is 2. The number of nitriles is 1. The molecule has 0 unspecified atom stereocenters. The monoisotopic (exact) mass is 237 g/mol. The molecule has 17 heavy (non-hydrogen) atoms. The number of halogens is 1. The van der Waals surface area contributed by atoms with Gasteiger partial charge in [-0.2, -0.15) is 10.2 Å². The van der Waals surface area contributed by atoms with Gasteiger partial charge in [0.1, 0.15) is 0 Å². The third-order valence-electron chi connectivity index (χ3n) is 2.24. The molecule has 1 rings (SSSR count). The fraction of sp³-hybridized carbons (Fsp3) is 0.545. The van der Waals surface area contributed by atoms with Crippen LogP contribution in [0.3, 0.4) is 0 Å². The molecule has 0 saturated carbocycles. The lowest BCUT2D eigenvalue weighted by Gasteiger charge is -2.21. The molecule has 0 aliphatic heterocycles. The number of hydrogen-bond donors (Lipinski definition) is 1. The van der Waals surface area contributed by atoms with Crippen LogP contribution in [-0.2, 0) is 0 Å². The lowest BCUT2D eigenvalue weighted by atomic mass is 10.4. The van der Waals surface area contributed by atoms with Gasteiger partial charge in [-0.25, -0.2) is 9.37 Å². The fourth-order valence-electron chi connectivity index (χ4n) is 1.42. The predicted octanol–water partition coefficient (Wildman–Crippen LogP) is 1.79. The molecular weight excluding hydrogens is 221 g/mol. The molecule has 1 aromatic heterocycles. The molecule has 1 heterocycles. The normalized spacial score (nSPS) is 9.76. The van der Waals surface area contributed by atoms with Crippen LogP contribution in [0.4, 0.5) is 16.2 Å². The second kappa shape index (κ2) is 6.63. The molecule has 92 valence electrons. The third-order valence-corrected chi connectivity index (χ3v) is 2.24. The summed E-state index contributed by atoms with van der Waals surface area (Å²) in [7, 11) is 0. The van der Waals surface area contributed by atoms with Crippen molar-refractivity contribution in [3.63, 3.8) is 0 Å². The van der Waals surface area contributed by atoms with Gasteiger partial charge in [-0.15, -0.1) is 0 Å². The highest BCUT2D eigenvalue weighted by molar-refractivity contribution is 5.43. The third kappa shape index (κ3) is 3.55. The maximum Gasteiger partial charge on any atom is 0.224 e. The SMILES string of the molecule is CCNc1ncc(F)c(N(CC)CCC#N)n1. The molecule has 0 bridgehead atoms. The first kappa shape index (κ1) is 13.2. The first-order valence-electron chi connectivity index (χ1n) is 5.61. The van der Waals surface area contributed by atoms with Crippen molar-refractivity contribution in [2.45, 2.75) is 20.3 Å². The summed E-state index contributed by atoms with van der Waals surface area (Å²) in [6, 6.07) is 2.04. The van der Waals surface area contributed by atoms with Gasteiger partial charge in [-0.3, -0.25) is 0 Å². The van der Waals surface area contributed by atoms with Crippen molar-refractivity contribution in [3.8, 4) is 6.07 Å². The summed E-state index contributed by atoms with van der Waals surface area (Å²) >= 11 is 0. The predicted molar refractivity (Wildman–Crippen MR) is 64.3 cm³/mol. The van der Waals surface area contributed by atoms with Crippen molar-refractivity contribution < 1.29 is 4.39 Å². The van der Waals surface area contributed by atoms with Gasteiger partial charge in [-0.05, 0) is 13.8 Å². The van der Waals surface area contributed by atoms with Crippen molar-refractivity contribution in [2.75, 3.05) is 29.9 Å². The molecule has 0 atom stereocenters. The van der Waals surface area contributed by atoms with Gasteiger partial charge in [0.25, 0.3) is 0 Å². The van der Waals surface area contributed by atoms with Crippen molar-refractivity contribution >= 4 is 11.8 Å². The molecule has 0 aromatic carbocycles. The molecule has 0 saturated heterocycles. The van der Waals surface area contributed by atoms with E-state index >= 15 is 0 Å². The summed E-state index contributed by atoms with van der Waals surface area (Å²) in [6.45, 7) is 5.55. The van der Waals surface area contributed by atoms with E-state index in [9.17, 15) is 4.39 Å². The average Bonchev–Trinajstić information content (AvgIpc) is 2.34. The van der Waals surface area contributed by atoms with Gasteiger partial charge in [0.2, 0.25) is 5.95 Å². The molecule has 0 amide bonds. The molecule has 1 N–H and O–H groups in total. The minimum absolute atomic E-state index is 0.244. The lowest BCUT2D eigenvalue weighted by molar-refractivity contribution is 0.603. The van der Waals surface area contributed by atoms with Gasteiger partial charge >= 0.3 is 0 Å². The Labute approximate surface area is 100 Å². The first-order chi connectivity index (χ1) is 8.22. The molecule has 1 aromatic rings. The van der Waals surface area contributed by atoms with Gasteiger partial charge in [-0.1, -0.05) is 0 Å². The Kier molecular flexibility index (Phi) is 5.14. The van der Waals surface area contributed by atoms with Crippen molar-refractivity contribution in [2.24, 2.45) is 0 Å². The molecule has 0 aliphatic rings. The van der Waals surface area contributed by atoms with E-state index in [0.717, 1.165) is 6.20 Å². The summed E-state index contributed by atoms with van der Waals surface area (Å²) in [5.41, 5.74) is 0. The standard InChI is InChI=1S/C11H16FN5/c1-3-14-11-15-8-9(12)10(16-11)17(4-2)7-5-6-13/h8H,3-5,7H2,1-2H3,(H,14,15,16). The highest BCUT2D eigenvalue weighted by atomic mass is 19.1. The van der Waals surface area contributed by atoms with E-state index in [1.54, 1.807) is 4.90 Å². The number of nitrogens with zero attached hydrogens (tertiary/aromatic N) is 4. The largest absolute Gasteiger partial charge is 0.354 e. The fourth-order valence-corrected chi connectivity index (χ4v) is 1.42. The van der Waals surface area contributed by atoms with Crippen LogP contribution in [-0.4, -0.2) is 29.6 Å². The van der Waals surface area contributed by atoms with E-state index in [1.807, 2.05) is 19.9 Å². The topological polar surface area (TPSA) is 64.8 Å². The first-order valence-corrected chi connectivity index (χ1v) is 5.61. The highest BCUT2D eigenvalue weighted by Crippen LogP contribution is 2.17. The zero-order valence-electron chi connectivity index (χ0n) is 10.1. The highest BCUT2D eigenvalue weighted by Gasteiger charge is 2.13. The van der Waals surface area contributed by atoms with Gasteiger partial charge in [0, 0.05) is 19.6 Å². The van der Waals surface area contributed by atoms with Gasteiger partial charge in [0.05, 0.1) is 18.7 Å². The summed E-state index contributed by atoms with van der Waals surface area (Å²) in [6.07, 6.45) is 1.49. The lowest BCUT2D eigenvalue weighted by Crippen LogP contribution is -2.26. The van der Waals surface area contributed by atoms with Crippen LogP contribution in [0.25, 0.3) is 0 Å². The molecule has 6 heteroatoms. The maximum atomic E-state index is 13.6. The second-order valence-electron chi connectivity index (χ2n) is 3.38. The van der Waals surface area contributed by atoms with Crippen LogP contribution in [0.15, 0.2) is 6.20 Å². The minimum Gasteiger partial charge on any atom is -0.354 e. The van der Waals surface area contributed by atoms with E-state index in [0.29, 0.717) is 32.0 Å². The van der Waals surface area contributed by atoms with E-state index in [2.05, 4.69) is 15.3 Å². The van der Waals surface area contributed by atoms with Crippen LogP contribution >= 0.6 is 0 Å². The summed E-state index contributed by atoms with van der Waals surface area (Å²) in [4.78, 5) is 9.67. The van der Waals surface area contributed by atoms with Crippen LogP contribution in [0.5, 0.6) is 0 Å². The molecule has 0 radical (unpaired) electrons. The number of rotatable bonds is 6. The van der Waals surface area contributed by atoms with Gasteiger partial charge < -0.3 is 10.2 Å². The number of hydrogen-bond acceptors (Lipinski definition) is 5. The molecule has 5 nitrogen and oxygen atoms in total. The Morgan fingerprint density at radius 2 is 2.29 bits per heavy atom. The Morgan fingerprint density at radius 1 is 1.53 bits per heavy atom. The van der Waals surface area contributed by atoms with Crippen LogP contribution in [0.1, 0.15) is 20.3 Å². The molecule has 0 fully saturated rings. The average molecular weight is 237 g/mol. The van der Waals surface area contributed by atoms with Crippen molar-refractivity contribution in [1.29, 1.82) is 5.26 Å². The Morgan fingerprint density at radius 3 is 2.88 bits per heavy atom. The van der Waals surface area contributed by atoms with Crippen LogP contribution in [0, 0.1) is 17.1 Å². The van der Waals surface area contributed by atoms with Crippen LogP contribution in [0.2, 0.25) is 0 Å². The quantitative estimate of drug-likeness (QED) is 0.817.